The third-order valence-corrected chi connectivity index (χ3v) is 8.78. The maximum Gasteiger partial charge on any atom is 0.255 e. The molecule has 3 rings (SSSR count). The molecule has 40 heavy (non-hydrogen) atoms. The van der Waals surface area contributed by atoms with Crippen molar-refractivity contribution in [3.63, 3.8) is 0 Å². The number of phenolic OH excluding ortho intramolecular Hbond substituents is 1. The highest BCUT2D eigenvalue weighted by atomic mass is 16.3. The lowest BCUT2D eigenvalue weighted by atomic mass is 9.57. The Morgan fingerprint density at radius 1 is 1.20 bits per heavy atom. The zero-order valence-electron chi connectivity index (χ0n) is 23.7. The van der Waals surface area contributed by atoms with Crippen molar-refractivity contribution in [3.8, 4) is 5.75 Å². The van der Waals surface area contributed by atoms with Gasteiger partial charge in [0.25, 0.3) is 5.91 Å². The SMILES string of the molecule is CCC(CC)C(=O)Nc1ccc(O)c2c1[C@H](C)[C@H]1C[C@@H]([C@@H](C)N(C)C)[C@@](O)(C(=O)/C(=C/O)C(N)=O)C(=O)C1=C2O. The Kier molecular flexibility index (Phi) is 8.80. The molecular formula is C29H39N3O8. The summed E-state index contributed by atoms with van der Waals surface area (Å²) >= 11 is 0. The summed E-state index contributed by atoms with van der Waals surface area (Å²) < 4.78 is 0. The number of anilines is 1. The molecule has 0 spiro atoms. The smallest absolute Gasteiger partial charge is 0.255 e. The number of Topliss-reactive ketones (excluding diaryl/α,β-unsaturated/α-hetero) is 2. The van der Waals surface area contributed by atoms with Crippen molar-refractivity contribution >= 4 is 34.8 Å². The van der Waals surface area contributed by atoms with Gasteiger partial charge in [-0.25, -0.2) is 0 Å². The standard InChI is InChI=1S/C29H39N3O8/c1-7-15(8-2)28(39)31-19-9-10-20(34)23-21(19)13(3)16-11-18(14(4)32(5)6)29(40,26(37)22(16)24(23)35)25(36)17(12-33)27(30)38/h9-10,12-16,18,33-35,40H,7-8,11H2,1-6H3,(H2,30,38)(H,31,39)/b17-12-/t13-,14-,16-,18+,29-/m1/s1. The number of aromatic hydroxyl groups is 1. The Morgan fingerprint density at radius 3 is 2.30 bits per heavy atom. The third kappa shape index (κ3) is 4.77. The number of phenols is 1. The number of hydrogen-bond acceptors (Lipinski definition) is 9. The van der Waals surface area contributed by atoms with E-state index in [0.29, 0.717) is 24.1 Å². The summed E-state index contributed by atoms with van der Waals surface area (Å²) in [6.07, 6.45) is 1.42. The van der Waals surface area contributed by atoms with E-state index in [-0.39, 0.29) is 41.4 Å². The number of carbonyl (C=O) groups excluding carboxylic acids is 4. The minimum atomic E-state index is -2.85. The molecule has 218 valence electrons. The van der Waals surface area contributed by atoms with Crippen molar-refractivity contribution in [2.24, 2.45) is 23.5 Å². The fraction of sp³-hybridized carbons (Fsp3) is 0.517. The molecule has 7 N–H and O–H groups in total. The van der Waals surface area contributed by atoms with Gasteiger partial charge in [0.15, 0.2) is 5.60 Å². The molecule has 11 heteroatoms. The van der Waals surface area contributed by atoms with Crippen LogP contribution in [0.15, 0.2) is 29.5 Å². The molecule has 0 aromatic heterocycles. The van der Waals surface area contributed by atoms with E-state index in [2.05, 4.69) is 5.32 Å². The lowest BCUT2D eigenvalue weighted by Gasteiger charge is -2.49. The number of aliphatic hydroxyl groups is 3. The summed E-state index contributed by atoms with van der Waals surface area (Å²) in [5.74, 6) is -7.65. The Bertz CT molecular complexity index is 1300. The van der Waals surface area contributed by atoms with E-state index < -0.39 is 58.2 Å². The first-order chi connectivity index (χ1) is 18.7. The highest BCUT2D eigenvalue weighted by molar-refractivity contribution is 6.32. The zero-order valence-corrected chi connectivity index (χ0v) is 23.7. The average Bonchev–Trinajstić information content (AvgIpc) is 2.89. The fourth-order valence-electron chi connectivity index (χ4n) is 6.13. The lowest BCUT2D eigenvalue weighted by Crippen LogP contribution is -2.63. The molecule has 5 atom stereocenters. The molecule has 1 aromatic rings. The molecule has 0 bridgehead atoms. The minimum Gasteiger partial charge on any atom is -0.515 e. The van der Waals surface area contributed by atoms with Crippen LogP contribution in [0.1, 0.15) is 64.0 Å². The fourth-order valence-corrected chi connectivity index (χ4v) is 6.13. The van der Waals surface area contributed by atoms with E-state index in [4.69, 9.17) is 5.73 Å². The summed E-state index contributed by atoms with van der Waals surface area (Å²) in [6.45, 7) is 7.29. The summed E-state index contributed by atoms with van der Waals surface area (Å²) in [4.78, 5) is 54.1. The zero-order chi connectivity index (χ0) is 30.3. The average molecular weight is 558 g/mol. The molecule has 2 aliphatic rings. The number of fused-ring (bicyclic) bond motifs is 2. The van der Waals surface area contributed by atoms with E-state index in [1.165, 1.54) is 6.07 Å². The quantitative estimate of drug-likeness (QED) is 0.0871. The van der Waals surface area contributed by atoms with Crippen molar-refractivity contribution in [3.05, 3.63) is 40.7 Å². The second-order valence-electron chi connectivity index (χ2n) is 11.0. The van der Waals surface area contributed by atoms with Gasteiger partial charge in [-0.2, -0.15) is 0 Å². The first kappa shape index (κ1) is 30.8. The third-order valence-electron chi connectivity index (χ3n) is 8.78. The topological polar surface area (TPSA) is 190 Å². The maximum atomic E-state index is 14.1. The van der Waals surface area contributed by atoms with Crippen molar-refractivity contribution in [2.45, 2.75) is 64.5 Å². The first-order valence-corrected chi connectivity index (χ1v) is 13.4. The number of ketones is 2. The van der Waals surface area contributed by atoms with E-state index in [0.717, 1.165) is 0 Å². The van der Waals surface area contributed by atoms with Crippen LogP contribution in [0.3, 0.4) is 0 Å². The Morgan fingerprint density at radius 2 is 1.80 bits per heavy atom. The molecule has 0 radical (unpaired) electrons. The van der Waals surface area contributed by atoms with Crippen LogP contribution in [0, 0.1) is 17.8 Å². The van der Waals surface area contributed by atoms with Crippen LogP contribution in [0.2, 0.25) is 0 Å². The number of nitrogens with zero attached hydrogens (tertiary/aromatic N) is 1. The predicted octanol–water partition coefficient (Wildman–Crippen LogP) is 2.54. The van der Waals surface area contributed by atoms with Gasteiger partial charge in [0, 0.05) is 29.1 Å². The van der Waals surface area contributed by atoms with Crippen molar-refractivity contribution in [1.29, 1.82) is 0 Å². The predicted molar refractivity (Wildman–Crippen MR) is 148 cm³/mol. The van der Waals surface area contributed by atoms with Gasteiger partial charge in [-0.05, 0) is 69.8 Å². The van der Waals surface area contributed by atoms with E-state index >= 15 is 0 Å². The Balaban J connectivity index is 2.28. The van der Waals surface area contributed by atoms with Crippen LogP contribution in [0.5, 0.6) is 5.75 Å². The van der Waals surface area contributed by atoms with Crippen LogP contribution in [-0.2, 0) is 19.2 Å². The molecule has 0 saturated heterocycles. The van der Waals surface area contributed by atoms with Gasteiger partial charge in [0.1, 0.15) is 17.1 Å². The van der Waals surface area contributed by atoms with Crippen molar-refractivity contribution in [2.75, 3.05) is 19.4 Å². The number of aliphatic hydroxyl groups excluding tert-OH is 2. The van der Waals surface area contributed by atoms with Crippen LogP contribution in [0.4, 0.5) is 5.69 Å². The summed E-state index contributed by atoms with van der Waals surface area (Å²) in [5, 5.41) is 46.5. The number of hydrogen-bond donors (Lipinski definition) is 6. The number of nitrogens with one attached hydrogen (secondary N) is 1. The number of rotatable bonds is 9. The normalized spacial score (nSPS) is 25.5. The number of benzene rings is 1. The molecule has 1 aromatic carbocycles. The molecule has 2 amide bonds. The Hall–Kier alpha value is -3.70. The maximum absolute atomic E-state index is 14.1. The van der Waals surface area contributed by atoms with Gasteiger partial charge in [0.05, 0.1) is 11.8 Å². The van der Waals surface area contributed by atoms with Crippen LogP contribution in [-0.4, -0.2) is 74.4 Å². The summed E-state index contributed by atoms with van der Waals surface area (Å²) in [6, 6.07) is 2.24. The molecule has 0 aliphatic heterocycles. The first-order valence-electron chi connectivity index (χ1n) is 13.4. The second-order valence-corrected chi connectivity index (χ2v) is 11.0. The lowest BCUT2D eigenvalue weighted by molar-refractivity contribution is -0.160. The van der Waals surface area contributed by atoms with Crippen molar-refractivity contribution < 1.29 is 39.6 Å². The molecule has 0 unspecified atom stereocenters. The molecule has 11 nitrogen and oxygen atoms in total. The van der Waals surface area contributed by atoms with Crippen molar-refractivity contribution in [1.82, 2.24) is 4.90 Å². The number of carbonyl (C=O) groups is 4. The monoisotopic (exact) mass is 557 g/mol. The second kappa shape index (κ2) is 11.4. The van der Waals surface area contributed by atoms with Gasteiger partial charge in [-0.15, -0.1) is 0 Å². The van der Waals surface area contributed by atoms with E-state index in [1.54, 1.807) is 38.9 Å². The molecule has 0 heterocycles. The molecule has 2 aliphatic carbocycles. The minimum absolute atomic E-state index is 0.0143. The number of nitrogens with two attached hydrogens (primary N) is 1. The highest BCUT2D eigenvalue weighted by Crippen LogP contribution is 2.55. The number of primary amides is 1. The number of amides is 2. The largest absolute Gasteiger partial charge is 0.515 e. The molecule has 1 fully saturated rings. The Labute approximate surface area is 233 Å². The molecular weight excluding hydrogens is 518 g/mol. The molecule has 1 saturated carbocycles. The van der Waals surface area contributed by atoms with E-state index in [1.807, 2.05) is 13.8 Å². The van der Waals surface area contributed by atoms with Crippen LogP contribution >= 0.6 is 0 Å². The van der Waals surface area contributed by atoms with E-state index in [9.17, 15) is 39.6 Å². The van der Waals surface area contributed by atoms with Crippen LogP contribution < -0.4 is 11.1 Å². The van der Waals surface area contributed by atoms with Gasteiger partial charge in [-0.3, -0.25) is 19.2 Å². The van der Waals surface area contributed by atoms with Gasteiger partial charge < -0.3 is 36.4 Å². The van der Waals surface area contributed by atoms with Gasteiger partial charge >= 0.3 is 0 Å². The highest BCUT2D eigenvalue weighted by Gasteiger charge is 2.61. The van der Waals surface area contributed by atoms with Gasteiger partial charge in [-0.1, -0.05) is 20.8 Å². The summed E-state index contributed by atoms with van der Waals surface area (Å²) in [7, 11) is 3.39. The summed E-state index contributed by atoms with van der Waals surface area (Å²) in [5.41, 5.74) is 1.89. The van der Waals surface area contributed by atoms with Crippen LogP contribution in [0.25, 0.3) is 5.76 Å². The van der Waals surface area contributed by atoms with Gasteiger partial charge in [0.2, 0.25) is 17.5 Å².